The molecule has 4 aromatic rings. The molecule has 1 N–H and O–H groups in total. The molecule has 0 saturated carbocycles. The fourth-order valence-electron chi connectivity index (χ4n) is 4.07. The molecule has 0 spiro atoms. The monoisotopic (exact) mass is 491 g/mol. The summed E-state index contributed by atoms with van der Waals surface area (Å²) >= 11 is 0. The van der Waals surface area contributed by atoms with E-state index in [4.69, 9.17) is 4.74 Å². The topological polar surface area (TPSA) is 102 Å². The maximum Gasteiger partial charge on any atom is 0.280 e. The average Bonchev–Trinajstić information content (AvgIpc) is 2.83. The first-order valence-corrected chi connectivity index (χ1v) is 12.3. The molecule has 35 heavy (non-hydrogen) atoms. The van der Waals surface area contributed by atoms with E-state index in [-0.39, 0.29) is 10.6 Å². The number of benzene rings is 4. The van der Waals surface area contributed by atoms with Crippen molar-refractivity contribution in [3.05, 3.63) is 88.5 Å². The minimum atomic E-state index is -3.91. The number of methoxy groups -OCH3 is 1. The molecule has 8 nitrogen and oxygen atoms in total. The van der Waals surface area contributed by atoms with Crippen LogP contribution in [0, 0.1) is 17.0 Å². The van der Waals surface area contributed by atoms with Crippen LogP contribution in [-0.2, 0) is 10.0 Å². The van der Waals surface area contributed by atoms with E-state index in [1.165, 1.54) is 13.2 Å². The molecule has 4 rings (SSSR count). The smallest absolute Gasteiger partial charge is 0.280 e. The highest BCUT2D eigenvalue weighted by Gasteiger charge is 2.21. The Labute approximate surface area is 204 Å². The third-order valence-corrected chi connectivity index (χ3v) is 7.24. The van der Waals surface area contributed by atoms with Gasteiger partial charge in [-0.1, -0.05) is 30.3 Å². The van der Waals surface area contributed by atoms with Crippen LogP contribution >= 0.6 is 0 Å². The number of nitrogens with zero attached hydrogens (tertiary/aromatic N) is 2. The molecule has 0 radical (unpaired) electrons. The van der Waals surface area contributed by atoms with Crippen LogP contribution in [0.2, 0.25) is 0 Å². The van der Waals surface area contributed by atoms with E-state index in [0.717, 1.165) is 11.1 Å². The zero-order chi connectivity index (χ0) is 25.3. The molecule has 0 aliphatic rings. The molecule has 0 aromatic heterocycles. The molecule has 0 heterocycles. The normalized spacial score (nSPS) is 11.3. The van der Waals surface area contributed by atoms with Gasteiger partial charge in [0.05, 0.1) is 34.2 Å². The summed E-state index contributed by atoms with van der Waals surface area (Å²) in [5.74, 6) is 0.383. The van der Waals surface area contributed by atoms with Crippen LogP contribution in [0.4, 0.5) is 17.1 Å². The first-order valence-electron chi connectivity index (χ1n) is 10.8. The summed E-state index contributed by atoms with van der Waals surface area (Å²) in [6, 6.07) is 20.4. The minimum Gasteiger partial charge on any atom is -0.497 e. The van der Waals surface area contributed by atoms with Crippen molar-refractivity contribution in [1.29, 1.82) is 0 Å². The molecular weight excluding hydrogens is 466 g/mol. The fourth-order valence-corrected chi connectivity index (χ4v) is 5.42. The third kappa shape index (κ3) is 4.63. The summed E-state index contributed by atoms with van der Waals surface area (Å²) in [6.45, 7) is 1.75. The maximum atomic E-state index is 13.4. The van der Waals surface area contributed by atoms with Gasteiger partial charge in [-0.25, -0.2) is 8.42 Å². The lowest BCUT2D eigenvalue weighted by atomic mass is 10.0. The van der Waals surface area contributed by atoms with E-state index in [0.29, 0.717) is 33.5 Å². The molecule has 0 atom stereocenters. The van der Waals surface area contributed by atoms with Crippen LogP contribution < -0.4 is 14.4 Å². The van der Waals surface area contributed by atoms with Gasteiger partial charge < -0.3 is 9.64 Å². The van der Waals surface area contributed by atoms with E-state index in [9.17, 15) is 18.5 Å². The van der Waals surface area contributed by atoms with Crippen LogP contribution in [-0.4, -0.2) is 34.5 Å². The van der Waals surface area contributed by atoms with E-state index in [2.05, 4.69) is 4.72 Å². The molecule has 0 unspecified atom stereocenters. The van der Waals surface area contributed by atoms with Crippen molar-refractivity contribution in [2.24, 2.45) is 0 Å². The number of sulfonamides is 1. The molecule has 4 aromatic carbocycles. The van der Waals surface area contributed by atoms with Gasteiger partial charge in [-0.2, -0.15) is 0 Å². The van der Waals surface area contributed by atoms with Gasteiger partial charge in [-0.3, -0.25) is 14.8 Å². The number of nitrogens with one attached hydrogen (secondary N) is 1. The fraction of sp³-hybridized carbons (Fsp3) is 0.154. The Morgan fingerprint density at radius 3 is 2.31 bits per heavy atom. The number of nitro groups is 1. The molecule has 180 valence electrons. The molecular formula is C26H25N3O5S. The van der Waals surface area contributed by atoms with Crippen molar-refractivity contribution in [3.8, 4) is 16.9 Å². The van der Waals surface area contributed by atoms with Crippen molar-refractivity contribution in [1.82, 2.24) is 0 Å². The molecule has 0 aliphatic carbocycles. The molecule has 0 bridgehead atoms. The van der Waals surface area contributed by atoms with Crippen molar-refractivity contribution < 1.29 is 18.1 Å². The average molecular weight is 492 g/mol. The van der Waals surface area contributed by atoms with E-state index in [1.807, 2.05) is 37.2 Å². The van der Waals surface area contributed by atoms with E-state index in [1.54, 1.807) is 55.5 Å². The van der Waals surface area contributed by atoms with Gasteiger partial charge in [0.25, 0.3) is 15.7 Å². The quantitative estimate of drug-likeness (QED) is 0.267. The Morgan fingerprint density at radius 1 is 0.943 bits per heavy atom. The highest BCUT2D eigenvalue weighted by molar-refractivity contribution is 7.93. The van der Waals surface area contributed by atoms with Crippen molar-refractivity contribution >= 4 is 37.9 Å². The molecule has 0 amide bonds. The predicted octanol–water partition coefficient (Wildman–Crippen LogP) is 5.60. The zero-order valence-corrected chi connectivity index (χ0v) is 20.6. The Morgan fingerprint density at radius 2 is 1.66 bits per heavy atom. The van der Waals surface area contributed by atoms with Crippen molar-refractivity contribution in [2.75, 3.05) is 30.8 Å². The van der Waals surface area contributed by atoms with Gasteiger partial charge in [-0.05, 0) is 54.4 Å². The van der Waals surface area contributed by atoms with Gasteiger partial charge in [0, 0.05) is 30.6 Å². The first kappa shape index (κ1) is 24.0. The second kappa shape index (κ2) is 9.27. The number of hydrogen-bond donors (Lipinski definition) is 1. The van der Waals surface area contributed by atoms with Crippen LogP contribution in [0.5, 0.6) is 5.75 Å². The van der Waals surface area contributed by atoms with Gasteiger partial charge >= 0.3 is 0 Å². The highest BCUT2D eigenvalue weighted by Crippen LogP contribution is 2.36. The second-order valence-corrected chi connectivity index (χ2v) is 9.95. The number of rotatable bonds is 7. The van der Waals surface area contributed by atoms with E-state index < -0.39 is 14.9 Å². The third-order valence-electron chi connectivity index (χ3n) is 5.81. The Hall–Kier alpha value is -4.11. The summed E-state index contributed by atoms with van der Waals surface area (Å²) < 4.78 is 34.6. The number of nitro benzene ring substituents is 1. The van der Waals surface area contributed by atoms with Crippen LogP contribution in [0.25, 0.3) is 21.9 Å². The summed E-state index contributed by atoms with van der Waals surface area (Å²) in [4.78, 5) is 13.2. The Kier molecular flexibility index (Phi) is 6.36. The zero-order valence-electron chi connectivity index (χ0n) is 19.8. The molecule has 0 aliphatic heterocycles. The molecule has 0 fully saturated rings. The maximum absolute atomic E-state index is 13.4. The largest absolute Gasteiger partial charge is 0.497 e. The van der Waals surface area contributed by atoms with Crippen molar-refractivity contribution in [2.45, 2.75) is 11.8 Å². The summed E-state index contributed by atoms with van der Waals surface area (Å²) in [7, 11) is 1.36. The van der Waals surface area contributed by atoms with Crippen LogP contribution in [0.3, 0.4) is 0 Å². The SMILES string of the molecule is COc1ccc(-c2ccc(NS(=O)(=O)c3cccc4c(N(C)C)cccc34)c(C)c2)c([N+](=O)[O-])c1. The number of anilines is 2. The van der Waals surface area contributed by atoms with Crippen LogP contribution in [0.15, 0.2) is 77.7 Å². The van der Waals surface area contributed by atoms with E-state index >= 15 is 0 Å². The van der Waals surface area contributed by atoms with Crippen molar-refractivity contribution in [3.63, 3.8) is 0 Å². The van der Waals surface area contributed by atoms with Gasteiger partial charge in [0.1, 0.15) is 5.75 Å². The highest BCUT2D eigenvalue weighted by atomic mass is 32.2. The lowest BCUT2D eigenvalue weighted by Gasteiger charge is -2.18. The minimum absolute atomic E-state index is 0.0930. The van der Waals surface area contributed by atoms with Gasteiger partial charge in [-0.15, -0.1) is 0 Å². The number of ether oxygens (including phenoxy) is 1. The van der Waals surface area contributed by atoms with Gasteiger partial charge in [0.15, 0.2) is 0 Å². The number of aryl methyl sites for hydroxylation is 1. The molecule has 0 saturated heterocycles. The number of hydrogen-bond acceptors (Lipinski definition) is 6. The lowest BCUT2D eigenvalue weighted by molar-refractivity contribution is -0.384. The first-order chi connectivity index (χ1) is 16.6. The lowest BCUT2D eigenvalue weighted by Crippen LogP contribution is -2.15. The predicted molar refractivity (Wildman–Crippen MR) is 139 cm³/mol. The van der Waals surface area contributed by atoms with Gasteiger partial charge in [0.2, 0.25) is 0 Å². The second-order valence-electron chi connectivity index (χ2n) is 8.30. The Bertz CT molecular complexity index is 1550. The summed E-state index contributed by atoms with van der Waals surface area (Å²) in [5, 5.41) is 13.0. The standard InChI is InChI=1S/C26H25N3O5S/c1-17-15-18(20-13-12-19(34-4)16-25(20)29(30)31)11-14-23(17)27-35(32,33)26-10-6-7-21-22(26)8-5-9-24(21)28(2)3/h5-16,27H,1-4H3. The Balaban J connectivity index is 1.73. The van der Waals surface area contributed by atoms with Crippen LogP contribution in [0.1, 0.15) is 5.56 Å². The summed E-state index contributed by atoms with van der Waals surface area (Å²) in [5.41, 5.74) is 2.86. The molecule has 9 heteroatoms. The number of fused-ring (bicyclic) bond motifs is 1. The summed E-state index contributed by atoms with van der Waals surface area (Å²) in [6.07, 6.45) is 0.